The monoisotopic (exact) mass is 344 g/mol. The Hall–Kier alpha value is -2.74. The standard InChI is InChI=1S/C16H16N4O3S/c1-10(2)20-14(5-6-18-20)19-15(21)8-23-16(22)11-3-4-12-13(7-11)24-9-17-12/h3-7,9-10H,8H2,1-2H3,(H,19,21). The van der Waals surface area contributed by atoms with E-state index < -0.39 is 11.9 Å². The van der Waals surface area contributed by atoms with E-state index in [-0.39, 0.29) is 12.6 Å². The van der Waals surface area contributed by atoms with E-state index in [0.29, 0.717) is 11.4 Å². The molecule has 0 spiro atoms. The highest BCUT2D eigenvalue weighted by Crippen LogP contribution is 2.19. The van der Waals surface area contributed by atoms with Crippen LogP contribution in [0.2, 0.25) is 0 Å². The predicted octanol–water partition coefficient (Wildman–Crippen LogP) is 2.87. The van der Waals surface area contributed by atoms with Crippen LogP contribution in [-0.2, 0) is 9.53 Å². The fourth-order valence-electron chi connectivity index (χ4n) is 2.20. The van der Waals surface area contributed by atoms with Crippen molar-refractivity contribution in [3.8, 4) is 0 Å². The molecule has 8 heteroatoms. The Morgan fingerprint density at radius 2 is 2.17 bits per heavy atom. The molecule has 0 radical (unpaired) electrons. The number of hydrogen-bond acceptors (Lipinski definition) is 6. The van der Waals surface area contributed by atoms with Crippen molar-refractivity contribution in [2.45, 2.75) is 19.9 Å². The largest absolute Gasteiger partial charge is 0.452 e. The van der Waals surface area contributed by atoms with Crippen molar-refractivity contribution in [2.24, 2.45) is 0 Å². The van der Waals surface area contributed by atoms with Crippen molar-refractivity contribution in [1.29, 1.82) is 0 Å². The molecule has 0 saturated heterocycles. The highest BCUT2D eigenvalue weighted by Gasteiger charge is 2.13. The molecule has 124 valence electrons. The number of amides is 1. The van der Waals surface area contributed by atoms with E-state index in [9.17, 15) is 9.59 Å². The minimum Gasteiger partial charge on any atom is -0.452 e. The van der Waals surface area contributed by atoms with Crippen molar-refractivity contribution in [3.05, 3.63) is 41.5 Å². The summed E-state index contributed by atoms with van der Waals surface area (Å²) in [5.74, 6) is -0.389. The molecular weight excluding hydrogens is 328 g/mol. The van der Waals surface area contributed by atoms with Crippen LogP contribution in [0.15, 0.2) is 36.0 Å². The van der Waals surface area contributed by atoms with Crippen LogP contribution in [-0.4, -0.2) is 33.2 Å². The number of ether oxygens (including phenoxy) is 1. The third-order valence-corrected chi connectivity index (χ3v) is 4.12. The molecule has 1 amide bonds. The number of fused-ring (bicyclic) bond motifs is 1. The van der Waals surface area contributed by atoms with Crippen molar-refractivity contribution < 1.29 is 14.3 Å². The quantitative estimate of drug-likeness (QED) is 0.719. The molecule has 0 aliphatic rings. The summed E-state index contributed by atoms with van der Waals surface area (Å²) in [5, 5.41) is 6.81. The number of carbonyl (C=O) groups excluding carboxylic acids is 2. The Morgan fingerprint density at radius 1 is 1.33 bits per heavy atom. The fourth-order valence-corrected chi connectivity index (χ4v) is 2.92. The van der Waals surface area contributed by atoms with Gasteiger partial charge in [-0.05, 0) is 32.0 Å². The van der Waals surface area contributed by atoms with Gasteiger partial charge in [0.1, 0.15) is 5.82 Å². The Morgan fingerprint density at radius 3 is 2.96 bits per heavy atom. The lowest BCUT2D eigenvalue weighted by Gasteiger charge is -2.11. The van der Waals surface area contributed by atoms with Gasteiger partial charge in [0.25, 0.3) is 5.91 Å². The number of esters is 1. The zero-order valence-corrected chi connectivity index (χ0v) is 14.0. The maximum absolute atomic E-state index is 12.1. The van der Waals surface area contributed by atoms with Crippen LogP contribution in [0.5, 0.6) is 0 Å². The molecule has 0 atom stereocenters. The molecule has 7 nitrogen and oxygen atoms in total. The van der Waals surface area contributed by atoms with Crippen LogP contribution in [0, 0.1) is 0 Å². The number of aromatic nitrogens is 3. The zero-order chi connectivity index (χ0) is 17.1. The average molecular weight is 344 g/mol. The highest BCUT2D eigenvalue weighted by molar-refractivity contribution is 7.16. The second kappa shape index (κ2) is 6.79. The molecule has 24 heavy (non-hydrogen) atoms. The molecule has 0 saturated carbocycles. The third kappa shape index (κ3) is 3.43. The summed E-state index contributed by atoms with van der Waals surface area (Å²) in [6, 6.07) is 6.90. The summed E-state index contributed by atoms with van der Waals surface area (Å²) in [7, 11) is 0. The molecule has 0 unspecified atom stereocenters. The SMILES string of the molecule is CC(C)n1nccc1NC(=O)COC(=O)c1ccc2ncsc2c1. The van der Waals surface area contributed by atoms with E-state index in [0.717, 1.165) is 10.2 Å². The third-order valence-electron chi connectivity index (χ3n) is 3.33. The fraction of sp³-hybridized carbons (Fsp3) is 0.250. The summed E-state index contributed by atoms with van der Waals surface area (Å²) >= 11 is 1.44. The highest BCUT2D eigenvalue weighted by atomic mass is 32.1. The van der Waals surface area contributed by atoms with E-state index >= 15 is 0 Å². The number of thiazole rings is 1. The van der Waals surface area contributed by atoms with Crippen molar-refractivity contribution in [1.82, 2.24) is 14.8 Å². The number of nitrogens with one attached hydrogen (secondary N) is 1. The van der Waals surface area contributed by atoms with Crippen LogP contribution in [0.4, 0.5) is 5.82 Å². The van der Waals surface area contributed by atoms with Gasteiger partial charge in [-0.15, -0.1) is 11.3 Å². The van der Waals surface area contributed by atoms with Crippen LogP contribution in [0.3, 0.4) is 0 Å². The Bertz CT molecular complexity index is 884. The summed E-state index contributed by atoms with van der Waals surface area (Å²) in [5.41, 5.74) is 2.94. The Labute approximate surface area is 142 Å². The maximum atomic E-state index is 12.1. The molecule has 0 bridgehead atoms. The Kier molecular flexibility index (Phi) is 4.57. The average Bonchev–Trinajstić information content (AvgIpc) is 3.20. The molecule has 2 aromatic heterocycles. The molecule has 2 heterocycles. The number of rotatable bonds is 5. The van der Waals surface area contributed by atoms with E-state index in [1.54, 1.807) is 40.7 Å². The molecule has 0 aliphatic heterocycles. The second-order valence-corrected chi connectivity index (χ2v) is 6.30. The van der Waals surface area contributed by atoms with Crippen LogP contribution in [0.25, 0.3) is 10.2 Å². The van der Waals surface area contributed by atoms with Gasteiger partial charge >= 0.3 is 5.97 Å². The molecule has 0 fully saturated rings. The first kappa shape index (κ1) is 16.1. The maximum Gasteiger partial charge on any atom is 0.338 e. The van der Waals surface area contributed by atoms with Gasteiger partial charge in [0.2, 0.25) is 0 Å². The van der Waals surface area contributed by atoms with Gasteiger partial charge in [0, 0.05) is 12.1 Å². The van der Waals surface area contributed by atoms with Gasteiger partial charge in [0.15, 0.2) is 6.61 Å². The molecule has 3 aromatic rings. The number of nitrogens with zero attached hydrogens (tertiary/aromatic N) is 3. The predicted molar refractivity (Wildman–Crippen MR) is 91.1 cm³/mol. The van der Waals surface area contributed by atoms with E-state index in [1.807, 2.05) is 13.8 Å². The second-order valence-electron chi connectivity index (χ2n) is 5.41. The number of anilines is 1. The minimum atomic E-state index is -0.544. The summed E-state index contributed by atoms with van der Waals surface area (Å²) < 4.78 is 7.64. The minimum absolute atomic E-state index is 0.115. The van der Waals surface area contributed by atoms with Gasteiger partial charge in [0.05, 0.1) is 27.5 Å². The molecule has 1 N–H and O–H groups in total. The van der Waals surface area contributed by atoms with E-state index in [2.05, 4.69) is 15.4 Å². The van der Waals surface area contributed by atoms with Crippen LogP contribution >= 0.6 is 11.3 Å². The summed E-state index contributed by atoms with van der Waals surface area (Å²) in [6.07, 6.45) is 1.60. The molecule has 1 aromatic carbocycles. The van der Waals surface area contributed by atoms with Crippen molar-refractivity contribution in [3.63, 3.8) is 0 Å². The van der Waals surface area contributed by atoms with Crippen LogP contribution in [0.1, 0.15) is 30.2 Å². The van der Waals surface area contributed by atoms with Crippen molar-refractivity contribution >= 4 is 39.2 Å². The topological polar surface area (TPSA) is 86.1 Å². The summed E-state index contributed by atoms with van der Waals surface area (Å²) in [6.45, 7) is 3.55. The van der Waals surface area contributed by atoms with Crippen molar-refractivity contribution in [2.75, 3.05) is 11.9 Å². The first-order valence-electron chi connectivity index (χ1n) is 7.38. The van der Waals surface area contributed by atoms with E-state index in [4.69, 9.17) is 4.74 Å². The molecular formula is C16H16N4O3S. The van der Waals surface area contributed by atoms with Gasteiger partial charge < -0.3 is 10.1 Å². The normalized spacial score (nSPS) is 11.0. The van der Waals surface area contributed by atoms with Gasteiger partial charge in [-0.2, -0.15) is 5.10 Å². The molecule has 3 rings (SSSR count). The number of carbonyl (C=O) groups is 2. The smallest absolute Gasteiger partial charge is 0.338 e. The van der Waals surface area contributed by atoms with Crippen LogP contribution < -0.4 is 5.32 Å². The van der Waals surface area contributed by atoms with E-state index in [1.165, 1.54) is 11.3 Å². The number of benzene rings is 1. The molecule has 0 aliphatic carbocycles. The first-order chi connectivity index (χ1) is 11.5. The number of hydrogen-bond donors (Lipinski definition) is 1. The lowest BCUT2D eigenvalue weighted by molar-refractivity contribution is -0.119. The lowest BCUT2D eigenvalue weighted by atomic mass is 10.2. The van der Waals surface area contributed by atoms with Gasteiger partial charge in [-0.3, -0.25) is 4.79 Å². The lowest BCUT2D eigenvalue weighted by Crippen LogP contribution is -2.23. The Balaban J connectivity index is 1.59. The zero-order valence-electron chi connectivity index (χ0n) is 13.2. The first-order valence-corrected chi connectivity index (χ1v) is 8.26. The van der Waals surface area contributed by atoms with Gasteiger partial charge in [-0.1, -0.05) is 0 Å². The summed E-state index contributed by atoms with van der Waals surface area (Å²) in [4.78, 5) is 28.2. The van der Waals surface area contributed by atoms with Gasteiger partial charge in [-0.25, -0.2) is 14.5 Å².